The van der Waals surface area contributed by atoms with Crippen LogP contribution in [0.2, 0.25) is 0 Å². The van der Waals surface area contributed by atoms with Gasteiger partial charge in [-0.1, -0.05) is 30.9 Å². The molecule has 2 atom stereocenters. The lowest BCUT2D eigenvalue weighted by atomic mass is 9.76. The molecule has 0 unspecified atom stereocenters. The standard InChI is InChI=1S/C35H36N6O3/c1-6-7-10-21-11-8-12-24-29(21)27-18-28(40(5)31(24)42)30-38-25-14-13-22(17-26(25)41(27)30)23-19-36-32(37-20-23)35(15-9-16-35)39-33(43)44-34(2,3)4/h8,11-14,17,19-20,27-28H,6,9,15-16,18H2,1-5H3,(H,39,43)/t27-,28-/m1/s1/i5D3. The fourth-order valence-corrected chi connectivity index (χ4v) is 6.58. The molecule has 7 rings (SSSR count). The number of aromatic nitrogens is 4. The molecule has 1 saturated carbocycles. The quantitative estimate of drug-likeness (QED) is 0.282. The van der Waals surface area contributed by atoms with Gasteiger partial charge in [-0.05, 0) is 69.9 Å². The molecule has 4 aromatic rings. The Balaban J connectivity index is 1.29. The van der Waals surface area contributed by atoms with E-state index in [0.29, 0.717) is 41.1 Å². The molecule has 2 bridgehead atoms. The Kier molecular flexibility index (Phi) is 5.72. The Hall–Kier alpha value is -4.71. The maximum Gasteiger partial charge on any atom is 0.408 e. The van der Waals surface area contributed by atoms with Crippen molar-refractivity contribution < 1.29 is 18.4 Å². The van der Waals surface area contributed by atoms with E-state index in [1.807, 2.05) is 52.0 Å². The summed E-state index contributed by atoms with van der Waals surface area (Å²) >= 11 is 0. The van der Waals surface area contributed by atoms with E-state index in [4.69, 9.17) is 23.8 Å². The van der Waals surface area contributed by atoms with Crippen LogP contribution in [0.1, 0.15) is 109 Å². The van der Waals surface area contributed by atoms with Crippen LogP contribution in [0.4, 0.5) is 4.79 Å². The van der Waals surface area contributed by atoms with Crippen LogP contribution in [0.5, 0.6) is 0 Å². The Bertz CT molecular complexity index is 1980. The van der Waals surface area contributed by atoms with Gasteiger partial charge in [-0.2, -0.15) is 0 Å². The Morgan fingerprint density at radius 2 is 1.95 bits per heavy atom. The lowest BCUT2D eigenvalue weighted by Gasteiger charge is -2.41. The van der Waals surface area contributed by atoms with Crippen molar-refractivity contribution in [3.63, 3.8) is 0 Å². The van der Waals surface area contributed by atoms with Crippen LogP contribution >= 0.6 is 0 Å². The van der Waals surface area contributed by atoms with Crippen molar-refractivity contribution in [2.24, 2.45) is 0 Å². The number of benzene rings is 2. The van der Waals surface area contributed by atoms with E-state index in [2.05, 4.69) is 21.7 Å². The van der Waals surface area contributed by atoms with Gasteiger partial charge in [0, 0.05) is 58.6 Å². The zero-order valence-electron chi connectivity index (χ0n) is 28.3. The highest BCUT2D eigenvalue weighted by Gasteiger charge is 2.45. The lowest BCUT2D eigenvalue weighted by Crippen LogP contribution is -2.53. The van der Waals surface area contributed by atoms with Crippen molar-refractivity contribution >= 4 is 23.0 Å². The SMILES string of the molecule is [2H]C([2H])([2H])N1C(=O)c2cccc(C#CCC)c2[C@H]2C[C@@H]1c1nc3ccc(-c4cnc(C5(NC(=O)OC(C)(C)C)CCC5)nc4)cc3n12. The van der Waals surface area contributed by atoms with E-state index in [0.717, 1.165) is 46.4 Å². The molecule has 3 aliphatic rings. The first-order valence-corrected chi connectivity index (χ1v) is 15.1. The summed E-state index contributed by atoms with van der Waals surface area (Å²) in [4.78, 5) is 41.7. The lowest BCUT2D eigenvalue weighted by molar-refractivity contribution is 0.0364. The van der Waals surface area contributed by atoms with E-state index in [1.165, 1.54) is 0 Å². The normalized spacial score (nSPS) is 21.0. The predicted octanol–water partition coefficient (Wildman–Crippen LogP) is 6.28. The zero-order valence-corrected chi connectivity index (χ0v) is 25.3. The number of hydrogen-bond acceptors (Lipinski definition) is 6. The number of rotatable bonds is 3. The fourth-order valence-electron chi connectivity index (χ4n) is 6.58. The number of ether oxygens (including phenoxy) is 1. The first-order valence-electron chi connectivity index (χ1n) is 16.6. The molecule has 224 valence electrons. The maximum atomic E-state index is 13.8. The van der Waals surface area contributed by atoms with Crippen molar-refractivity contribution in [3.05, 3.63) is 77.1 Å². The Labute approximate surface area is 261 Å². The minimum Gasteiger partial charge on any atom is -0.444 e. The number of hydrogen-bond donors (Lipinski definition) is 1. The second-order valence-electron chi connectivity index (χ2n) is 12.8. The van der Waals surface area contributed by atoms with Gasteiger partial charge in [0.15, 0.2) is 5.82 Å². The molecule has 2 aromatic carbocycles. The average molecular weight is 592 g/mol. The van der Waals surface area contributed by atoms with Crippen LogP contribution < -0.4 is 5.32 Å². The van der Waals surface area contributed by atoms with Gasteiger partial charge < -0.3 is 19.5 Å². The van der Waals surface area contributed by atoms with E-state index < -0.39 is 36.2 Å². The summed E-state index contributed by atoms with van der Waals surface area (Å²) in [6, 6.07) is 10.1. The molecule has 0 spiro atoms. The monoisotopic (exact) mass is 591 g/mol. The number of fused-ring (bicyclic) bond motifs is 9. The topological polar surface area (TPSA) is 102 Å². The summed E-state index contributed by atoms with van der Waals surface area (Å²) in [6.07, 6.45) is 6.46. The highest BCUT2D eigenvalue weighted by atomic mass is 16.6. The number of alkyl carbamates (subject to hydrolysis) is 1. The summed E-state index contributed by atoms with van der Waals surface area (Å²) < 4.78 is 32.5. The van der Waals surface area contributed by atoms with Crippen LogP contribution in [-0.2, 0) is 10.3 Å². The number of nitrogens with one attached hydrogen (secondary N) is 1. The smallest absolute Gasteiger partial charge is 0.408 e. The molecule has 44 heavy (non-hydrogen) atoms. The number of imidazole rings is 1. The van der Waals surface area contributed by atoms with Gasteiger partial charge >= 0.3 is 6.09 Å². The number of carbonyl (C=O) groups is 2. The average Bonchev–Trinajstić information content (AvgIpc) is 3.49. The summed E-state index contributed by atoms with van der Waals surface area (Å²) in [5.74, 6) is 6.90. The van der Waals surface area contributed by atoms with Gasteiger partial charge in [-0.25, -0.2) is 19.7 Å². The highest BCUT2D eigenvalue weighted by Crippen LogP contribution is 2.48. The van der Waals surface area contributed by atoms with Gasteiger partial charge in [0.2, 0.25) is 0 Å². The second kappa shape index (κ2) is 10.2. The Morgan fingerprint density at radius 1 is 1.16 bits per heavy atom. The number of amides is 2. The van der Waals surface area contributed by atoms with Crippen molar-refractivity contribution in [2.75, 3.05) is 6.98 Å². The molecule has 0 radical (unpaired) electrons. The zero-order chi connectivity index (χ0) is 33.3. The van der Waals surface area contributed by atoms with Gasteiger partial charge in [0.05, 0.1) is 23.1 Å². The minimum absolute atomic E-state index is 0.333. The van der Waals surface area contributed by atoms with Crippen molar-refractivity contribution in [1.29, 1.82) is 0 Å². The third kappa shape index (κ3) is 4.52. The van der Waals surface area contributed by atoms with E-state index in [9.17, 15) is 9.59 Å². The summed E-state index contributed by atoms with van der Waals surface area (Å²) in [7, 11) is 0. The van der Waals surface area contributed by atoms with E-state index in [-0.39, 0.29) is 6.04 Å². The molecule has 2 amide bonds. The van der Waals surface area contributed by atoms with Crippen molar-refractivity contribution in [2.45, 2.75) is 83.0 Å². The molecule has 4 heterocycles. The predicted molar refractivity (Wildman–Crippen MR) is 167 cm³/mol. The van der Waals surface area contributed by atoms with Gasteiger partial charge in [0.1, 0.15) is 17.0 Å². The summed E-state index contributed by atoms with van der Waals surface area (Å²) in [6.45, 7) is 4.78. The van der Waals surface area contributed by atoms with Crippen molar-refractivity contribution in [1.82, 2.24) is 29.7 Å². The van der Waals surface area contributed by atoms with Crippen LogP contribution in [-0.4, -0.2) is 49.0 Å². The van der Waals surface area contributed by atoms with Crippen LogP contribution in [0.25, 0.3) is 22.2 Å². The molecule has 2 aliphatic heterocycles. The first-order chi connectivity index (χ1) is 22.3. The van der Waals surface area contributed by atoms with Crippen LogP contribution in [0.15, 0.2) is 48.8 Å². The molecule has 2 aromatic heterocycles. The second-order valence-corrected chi connectivity index (χ2v) is 12.8. The summed E-state index contributed by atoms with van der Waals surface area (Å²) in [5, 5.41) is 3.00. The summed E-state index contributed by atoms with van der Waals surface area (Å²) in [5.41, 5.74) is 3.69. The molecule has 9 nitrogen and oxygen atoms in total. The van der Waals surface area contributed by atoms with Gasteiger partial charge in [0.25, 0.3) is 5.91 Å². The van der Waals surface area contributed by atoms with Crippen LogP contribution in [0.3, 0.4) is 0 Å². The third-order valence-electron chi connectivity index (χ3n) is 8.73. The molecular formula is C35H36N6O3. The molecular weight excluding hydrogens is 552 g/mol. The van der Waals surface area contributed by atoms with E-state index >= 15 is 0 Å². The van der Waals surface area contributed by atoms with E-state index in [1.54, 1.807) is 24.5 Å². The van der Waals surface area contributed by atoms with Crippen molar-refractivity contribution in [3.8, 4) is 23.0 Å². The first kappa shape index (κ1) is 24.7. The maximum absolute atomic E-state index is 13.8. The van der Waals surface area contributed by atoms with Crippen LogP contribution in [0, 0.1) is 11.8 Å². The van der Waals surface area contributed by atoms with Gasteiger partial charge in [-0.15, -0.1) is 0 Å². The largest absolute Gasteiger partial charge is 0.444 e. The number of carbonyl (C=O) groups excluding carboxylic acids is 2. The molecule has 1 N–H and O–H groups in total. The fraction of sp³-hybridized carbons (Fsp3) is 0.400. The minimum atomic E-state index is -2.66. The molecule has 0 saturated heterocycles. The molecule has 9 heteroatoms. The molecule has 1 aliphatic carbocycles. The molecule has 1 fully saturated rings. The third-order valence-corrected chi connectivity index (χ3v) is 8.73. The van der Waals surface area contributed by atoms with Gasteiger partial charge in [-0.3, -0.25) is 4.79 Å². The number of nitrogens with zero attached hydrogens (tertiary/aromatic N) is 5. The Morgan fingerprint density at radius 3 is 2.64 bits per heavy atom. The highest BCUT2D eigenvalue weighted by molar-refractivity contribution is 5.98.